The lowest BCUT2D eigenvalue weighted by Gasteiger charge is -2.27. The number of nitrogens with one attached hydrogen (secondary N) is 1. The van der Waals surface area contributed by atoms with E-state index >= 15 is 0 Å². The Balaban J connectivity index is 4.10. The molecule has 1 unspecified atom stereocenters. The highest BCUT2D eigenvalue weighted by molar-refractivity contribution is 5.81. The molecule has 18 heavy (non-hydrogen) atoms. The summed E-state index contributed by atoms with van der Waals surface area (Å²) in [4.78, 5) is 14.2. The van der Waals surface area contributed by atoms with Crippen molar-refractivity contribution in [3.05, 3.63) is 0 Å². The Bertz CT molecular complexity index is 219. The zero-order chi connectivity index (χ0) is 14.0. The third kappa shape index (κ3) is 7.67. The molecule has 4 nitrogen and oxygen atoms in total. The summed E-state index contributed by atoms with van der Waals surface area (Å²) >= 11 is 0. The highest BCUT2D eigenvalue weighted by Crippen LogP contribution is 2.03. The van der Waals surface area contributed by atoms with Gasteiger partial charge in [-0.3, -0.25) is 9.69 Å². The van der Waals surface area contributed by atoms with Crippen LogP contribution in [0.4, 0.5) is 0 Å². The summed E-state index contributed by atoms with van der Waals surface area (Å²) in [5.74, 6) is 0.769. The first-order valence-corrected chi connectivity index (χ1v) is 7.24. The minimum atomic E-state index is -0.0522. The second-order valence-corrected chi connectivity index (χ2v) is 5.33. The summed E-state index contributed by atoms with van der Waals surface area (Å²) in [6.07, 6.45) is 3.05. The summed E-state index contributed by atoms with van der Waals surface area (Å²) in [6, 6.07) is -0.0522. The first-order chi connectivity index (χ1) is 8.52. The number of carbonyl (C=O) groups excluding carboxylic acids is 1. The summed E-state index contributed by atoms with van der Waals surface area (Å²) in [5.41, 5.74) is 5.54. The fraction of sp³-hybridized carbons (Fsp3) is 0.929. The SMILES string of the molecule is CCCN(CCCN)C(C)C(=O)NCCC(C)C. The molecule has 0 saturated carbocycles. The minimum absolute atomic E-state index is 0.0522. The summed E-state index contributed by atoms with van der Waals surface area (Å²) in [6.45, 7) is 11.8. The maximum Gasteiger partial charge on any atom is 0.237 e. The molecule has 0 fully saturated rings. The second kappa shape index (κ2) is 10.3. The van der Waals surface area contributed by atoms with Gasteiger partial charge in [-0.1, -0.05) is 20.8 Å². The number of nitrogens with two attached hydrogens (primary N) is 1. The Morgan fingerprint density at radius 1 is 1.28 bits per heavy atom. The van der Waals surface area contributed by atoms with E-state index in [-0.39, 0.29) is 11.9 Å². The Morgan fingerprint density at radius 3 is 2.44 bits per heavy atom. The predicted molar refractivity (Wildman–Crippen MR) is 77.5 cm³/mol. The lowest BCUT2D eigenvalue weighted by atomic mass is 10.1. The van der Waals surface area contributed by atoms with Crippen molar-refractivity contribution in [3.8, 4) is 0 Å². The molecule has 0 spiro atoms. The average molecular weight is 257 g/mol. The van der Waals surface area contributed by atoms with Crippen LogP contribution in [0.15, 0.2) is 0 Å². The minimum Gasteiger partial charge on any atom is -0.355 e. The number of rotatable bonds is 10. The van der Waals surface area contributed by atoms with Gasteiger partial charge in [0.2, 0.25) is 5.91 Å². The molecule has 0 bridgehead atoms. The van der Waals surface area contributed by atoms with E-state index in [0.717, 1.165) is 38.9 Å². The van der Waals surface area contributed by atoms with E-state index in [2.05, 4.69) is 31.0 Å². The number of hydrogen-bond acceptors (Lipinski definition) is 3. The lowest BCUT2D eigenvalue weighted by Crippen LogP contribution is -2.46. The highest BCUT2D eigenvalue weighted by atomic mass is 16.2. The fourth-order valence-electron chi connectivity index (χ4n) is 1.88. The van der Waals surface area contributed by atoms with Crippen molar-refractivity contribution in [1.29, 1.82) is 0 Å². The van der Waals surface area contributed by atoms with E-state index in [9.17, 15) is 4.79 Å². The Hall–Kier alpha value is -0.610. The Labute approximate surface area is 112 Å². The largest absolute Gasteiger partial charge is 0.355 e. The van der Waals surface area contributed by atoms with E-state index in [1.165, 1.54) is 0 Å². The number of nitrogens with zero attached hydrogens (tertiary/aromatic N) is 1. The number of hydrogen-bond donors (Lipinski definition) is 2. The van der Waals surface area contributed by atoms with E-state index in [1.54, 1.807) is 0 Å². The zero-order valence-corrected chi connectivity index (χ0v) is 12.5. The zero-order valence-electron chi connectivity index (χ0n) is 12.5. The van der Waals surface area contributed by atoms with Gasteiger partial charge in [0.25, 0.3) is 0 Å². The number of amides is 1. The fourth-order valence-corrected chi connectivity index (χ4v) is 1.88. The van der Waals surface area contributed by atoms with E-state index < -0.39 is 0 Å². The standard InChI is InChI=1S/C14H31N3O/c1-5-10-17(11-6-8-15)13(4)14(18)16-9-7-12(2)3/h12-13H,5-11,15H2,1-4H3,(H,16,18). The van der Waals surface area contributed by atoms with Crippen LogP contribution < -0.4 is 11.1 Å². The van der Waals surface area contributed by atoms with E-state index in [0.29, 0.717) is 12.5 Å². The van der Waals surface area contributed by atoms with Gasteiger partial charge in [-0.15, -0.1) is 0 Å². The molecule has 0 aromatic carbocycles. The monoisotopic (exact) mass is 257 g/mol. The first-order valence-electron chi connectivity index (χ1n) is 7.24. The van der Waals surface area contributed by atoms with Crippen LogP contribution in [-0.2, 0) is 4.79 Å². The van der Waals surface area contributed by atoms with Crippen LogP contribution in [0.1, 0.15) is 47.0 Å². The molecule has 0 radical (unpaired) electrons. The smallest absolute Gasteiger partial charge is 0.237 e. The van der Waals surface area contributed by atoms with Crippen molar-refractivity contribution >= 4 is 5.91 Å². The normalized spacial score (nSPS) is 13.1. The van der Waals surface area contributed by atoms with Gasteiger partial charge in [-0.2, -0.15) is 0 Å². The van der Waals surface area contributed by atoms with Crippen molar-refractivity contribution in [1.82, 2.24) is 10.2 Å². The first kappa shape index (κ1) is 17.4. The maximum absolute atomic E-state index is 12.0. The van der Waals surface area contributed by atoms with Crippen LogP contribution in [0.2, 0.25) is 0 Å². The molecule has 0 aliphatic carbocycles. The van der Waals surface area contributed by atoms with Crippen molar-refractivity contribution in [2.24, 2.45) is 11.7 Å². The van der Waals surface area contributed by atoms with Crippen molar-refractivity contribution < 1.29 is 4.79 Å². The quantitative estimate of drug-likeness (QED) is 0.625. The van der Waals surface area contributed by atoms with Gasteiger partial charge in [0.1, 0.15) is 0 Å². The van der Waals surface area contributed by atoms with Crippen LogP contribution in [0, 0.1) is 5.92 Å². The van der Waals surface area contributed by atoms with Gasteiger partial charge in [0.05, 0.1) is 6.04 Å². The van der Waals surface area contributed by atoms with Gasteiger partial charge in [-0.05, 0) is 45.2 Å². The Kier molecular flexibility index (Phi) is 9.98. The molecule has 0 aliphatic heterocycles. The van der Waals surface area contributed by atoms with Crippen LogP contribution in [0.25, 0.3) is 0 Å². The molecule has 108 valence electrons. The highest BCUT2D eigenvalue weighted by Gasteiger charge is 2.19. The molecule has 1 amide bonds. The molecule has 3 N–H and O–H groups in total. The molecule has 0 aromatic heterocycles. The van der Waals surface area contributed by atoms with Crippen molar-refractivity contribution in [2.45, 2.75) is 53.0 Å². The van der Waals surface area contributed by atoms with Gasteiger partial charge in [-0.25, -0.2) is 0 Å². The second-order valence-electron chi connectivity index (χ2n) is 5.33. The summed E-state index contributed by atoms with van der Waals surface area (Å²) in [5, 5.41) is 3.02. The Morgan fingerprint density at radius 2 is 1.94 bits per heavy atom. The van der Waals surface area contributed by atoms with Crippen LogP contribution >= 0.6 is 0 Å². The van der Waals surface area contributed by atoms with Crippen LogP contribution in [-0.4, -0.2) is 43.0 Å². The molecule has 4 heteroatoms. The van der Waals surface area contributed by atoms with E-state index in [1.807, 2.05) is 6.92 Å². The van der Waals surface area contributed by atoms with Crippen molar-refractivity contribution in [3.63, 3.8) is 0 Å². The number of carbonyl (C=O) groups is 1. The molecule has 0 aliphatic rings. The molecule has 0 saturated heterocycles. The lowest BCUT2D eigenvalue weighted by molar-refractivity contribution is -0.125. The van der Waals surface area contributed by atoms with Crippen molar-refractivity contribution in [2.75, 3.05) is 26.2 Å². The van der Waals surface area contributed by atoms with Gasteiger partial charge < -0.3 is 11.1 Å². The van der Waals surface area contributed by atoms with Crippen LogP contribution in [0.3, 0.4) is 0 Å². The summed E-state index contributed by atoms with van der Waals surface area (Å²) < 4.78 is 0. The third-order valence-electron chi connectivity index (χ3n) is 3.11. The molecular weight excluding hydrogens is 226 g/mol. The third-order valence-corrected chi connectivity index (χ3v) is 3.11. The molecule has 0 aromatic rings. The van der Waals surface area contributed by atoms with Gasteiger partial charge in [0.15, 0.2) is 0 Å². The molecule has 0 rings (SSSR count). The van der Waals surface area contributed by atoms with E-state index in [4.69, 9.17) is 5.73 Å². The van der Waals surface area contributed by atoms with Gasteiger partial charge in [0, 0.05) is 13.1 Å². The summed E-state index contributed by atoms with van der Waals surface area (Å²) in [7, 11) is 0. The molecular formula is C14H31N3O. The average Bonchev–Trinajstić information content (AvgIpc) is 2.33. The molecule has 0 heterocycles. The molecule has 1 atom stereocenters. The maximum atomic E-state index is 12.0. The van der Waals surface area contributed by atoms with Gasteiger partial charge >= 0.3 is 0 Å². The van der Waals surface area contributed by atoms with Crippen LogP contribution in [0.5, 0.6) is 0 Å². The predicted octanol–water partition coefficient (Wildman–Crippen LogP) is 1.60. The topological polar surface area (TPSA) is 58.4 Å².